The van der Waals surface area contributed by atoms with Crippen molar-refractivity contribution in [3.05, 3.63) is 99.3 Å². The van der Waals surface area contributed by atoms with Crippen molar-refractivity contribution in [2.24, 2.45) is 0 Å². The highest BCUT2D eigenvalue weighted by molar-refractivity contribution is 5.92. The molecule has 182 valence electrons. The molecule has 1 aromatic heterocycles. The average molecular weight is 476 g/mol. The molecular weight excluding hydrogens is 446 g/mol. The zero-order valence-electron chi connectivity index (χ0n) is 19.4. The summed E-state index contributed by atoms with van der Waals surface area (Å²) in [6, 6.07) is 20.0. The Morgan fingerprint density at radius 3 is 2.17 bits per heavy atom. The summed E-state index contributed by atoms with van der Waals surface area (Å²) in [6.45, 7) is 1.62. The molecule has 2 aromatic carbocycles. The summed E-state index contributed by atoms with van der Waals surface area (Å²) >= 11 is 0. The minimum atomic E-state index is -0.518. The third-order valence-corrected chi connectivity index (χ3v) is 6.01. The van der Waals surface area contributed by atoms with Crippen molar-refractivity contribution in [1.82, 2.24) is 19.4 Å². The minimum absolute atomic E-state index is 0.0677. The zero-order valence-corrected chi connectivity index (χ0v) is 19.4. The zero-order chi connectivity index (χ0) is 24.6. The molecule has 3 aromatic rings. The van der Waals surface area contributed by atoms with Crippen LogP contribution in [0.1, 0.15) is 18.4 Å². The van der Waals surface area contributed by atoms with Crippen molar-refractivity contribution in [3.8, 4) is 0 Å². The number of nitrogens with zero attached hydrogens (tertiary/aromatic N) is 3. The van der Waals surface area contributed by atoms with Crippen molar-refractivity contribution in [1.29, 1.82) is 0 Å². The summed E-state index contributed by atoms with van der Waals surface area (Å²) in [7, 11) is 0. The fourth-order valence-electron chi connectivity index (χ4n) is 4.18. The Bertz CT molecular complexity index is 1260. The van der Waals surface area contributed by atoms with Gasteiger partial charge in [-0.05, 0) is 30.5 Å². The SMILES string of the molecule is O=C(CN1CCC(NC(=O)Cn2c(=O)ccn(Cc3ccccc3)c2=O)CC1)Nc1ccccc1. The number of aromatic nitrogens is 2. The Kier molecular flexibility index (Phi) is 7.89. The molecule has 1 aliphatic rings. The largest absolute Gasteiger partial charge is 0.352 e. The van der Waals surface area contributed by atoms with Gasteiger partial charge in [-0.25, -0.2) is 4.79 Å². The molecule has 0 atom stereocenters. The maximum atomic E-state index is 12.8. The van der Waals surface area contributed by atoms with Gasteiger partial charge in [-0.3, -0.25) is 28.4 Å². The van der Waals surface area contributed by atoms with Gasteiger partial charge >= 0.3 is 5.69 Å². The Balaban J connectivity index is 1.27. The summed E-state index contributed by atoms with van der Waals surface area (Å²) in [5.41, 5.74) is 0.663. The molecule has 9 heteroatoms. The quantitative estimate of drug-likeness (QED) is 0.511. The number of likely N-dealkylation sites (tertiary alicyclic amines) is 1. The van der Waals surface area contributed by atoms with Gasteiger partial charge in [0, 0.05) is 37.1 Å². The maximum absolute atomic E-state index is 12.8. The van der Waals surface area contributed by atoms with E-state index in [1.807, 2.05) is 65.6 Å². The van der Waals surface area contributed by atoms with Gasteiger partial charge in [0.2, 0.25) is 11.8 Å². The lowest BCUT2D eigenvalue weighted by atomic mass is 10.0. The first-order chi connectivity index (χ1) is 17.0. The van der Waals surface area contributed by atoms with E-state index < -0.39 is 11.2 Å². The van der Waals surface area contributed by atoms with Crippen molar-refractivity contribution in [3.63, 3.8) is 0 Å². The summed E-state index contributed by atoms with van der Waals surface area (Å²) in [5.74, 6) is -0.448. The third kappa shape index (κ3) is 6.77. The molecule has 1 fully saturated rings. The molecule has 2 amide bonds. The summed E-state index contributed by atoms with van der Waals surface area (Å²) < 4.78 is 2.38. The number of carbonyl (C=O) groups excluding carboxylic acids is 2. The van der Waals surface area contributed by atoms with E-state index in [4.69, 9.17) is 0 Å². The molecule has 0 aliphatic carbocycles. The van der Waals surface area contributed by atoms with Crippen LogP contribution in [0.25, 0.3) is 0 Å². The Morgan fingerprint density at radius 2 is 1.49 bits per heavy atom. The normalized spacial score (nSPS) is 14.4. The van der Waals surface area contributed by atoms with Gasteiger partial charge in [0.05, 0.1) is 13.1 Å². The van der Waals surface area contributed by atoms with Crippen LogP contribution in [-0.2, 0) is 22.7 Å². The van der Waals surface area contributed by atoms with E-state index in [1.54, 1.807) is 0 Å². The number of rotatable bonds is 8. The molecule has 1 aliphatic heterocycles. The number of hydrogen-bond acceptors (Lipinski definition) is 5. The van der Waals surface area contributed by atoms with Crippen LogP contribution in [0.4, 0.5) is 5.69 Å². The second-order valence-electron chi connectivity index (χ2n) is 8.67. The number of piperidine rings is 1. The number of para-hydroxylation sites is 1. The number of benzene rings is 2. The van der Waals surface area contributed by atoms with E-state index in [0.717, 1.165) is 15.8 Å². The van der Waals surface area contributed by atoms with Crippen LogP contribution in [0.3, 0.4) is 0 Å². The Morgan fingerprint density at radius 1 is 0.829 bits per heavy atom. The molecule has 0 bridgehead atoms. The highest BCUT2D eigenvalue weighted by Crippen LogP contribution is 2.11. The van der Waals surface area contributed by atoms with E-state index in [-0.39, 0.29) is 30.9 Å². The van der Waals surface area contributed by atoms with Gasteiger partial charge in [0.25, 0.3) is 5.56 Å². The second kappa shape index (κ2) is 11.4. The second-order valence-corrected chi connectivity index (χ2v) is 8.67. The van der Waals surface area contributed by atoms with Gasteiger partial charge < -0.3 is 10.6 Å². The third-order valence-electron chi connectivity index (χ3n) is 6.01. The van der Waals surface area contributed by atoms with Gasteiger partial charge in [-0.1, -0.05) is 48.5 Å². The summed E-state index contributed by atoms with van der Waals surface area (Å²) in [4.78, 5) is 52.0. The molecule has 0 spiro atoms. The highest BCUT2D eigenvalue weighted by atomic mass is 16.2. The molecule has 2 N–H and O–H groups in total. The Hall–Kier alpha value is -3.98. The van der Waals surface area contributed by atoms with E-state index in [1.165, 1.54) is 16.8 Å². The summed E-state index contributed by atoms with van der Waals surface area (Å²) in [6.07, 6.45) is 2.83. The predicted molar refractivity (Wildman–Crippen MR) is 133 cm³/mol. The lowest BCUT2D eigenvalue weighted by Gasteiger charge is -2.31. The van der Waals surface area contributed by atoms with E-state index >= 15 is 0 Å². The highest BCUT2D eigenvalue weighted by Gasteiger charge is 2.22. The van der Waals surface area contributed by atoms with Crippen LogP contribution in [0.5, 0.6) is 0 Å². The van der Waals surface area contributed by atoms with Crippen molar-refractivity contribution >= 4 is 17.5 Å². The molecule has 0 unspecified atom stereocenters. The van der Waals surface area contributed by atoms with Gasteiger partial charge in [-0.15, -0.1) is 0 Å². The van der Waals surface area contributed by atoms with Crippen LogP contribution in [0, 0.1) is 0 Å². The molecule has 4 rings (SSSR count). The lowest BCUT2D eigenvalue weighted by Crippen LogP contribution is -2.49. The standard InChI is InChI=1S/C26H29N5O4/c32-23(27-21-9-5-2-6-10-21)18-29-14-11-22(12-15-29)28-24(33)19-31-25(34)13-16-30(26(31)35)17-20-7-3-1-4-8-20/h1-10,13,16,22H,11-12,14-15,17-19H2,(H,27,32)(H,28,33). The Labute approximate surface area is 203 Å². The number of anilines is 1. The van der Waals surface area contributed by atoms with Crippen molar-refractivity contribution in [2.75, 3.05) is 25.0 Å². The monoisotopic (exact) mass is 475 g/mol. The van der Waals surface area contributed by atoms with Crippen LogP contribution >= 0.6 is 0 Å². The maximum Gasteiger partial charge on any atom is 0.331 e. The topological polar surface area (TPSA) is 105 Å². The number of amides is 2. The molecule has 35 heavy (non-hydrogen) atoms. The minimum Gasteiger partial charge on any atom is -0.352 e. The van der Waals surface area contributed by atoms with E-state index in [2.05, 4.69) is 10.6 Å². The first kappa shape index (κ1) is 24.2. The molecule has 1 saturated heterocycles. The van der Waals surface area contributed by atoms with Crippen molar-refractivity contribution < 1.29 is 9.59 Å². The molecule has 0 saturated carbocycles. The van der Waals surface area contributed by atoms with Gasteiger partial charge in [0.1, 0.15) is 6.54 Å². The smallest absolute Gasteiger partial charge is 0.331 e. The fourth-order valence-corrected chi connectivity index (χ4v) is 4.18. The first-order valence-corrected chi connectivity index (χ1v) is 11.7. The molecular formula is C26H29N5O4. The number of hydrogen-bond donors (Lipinski definition) is 2. The number of carbonyl (C=O) groups is 2. The van der Waals surface area contributed by atoms with Crippen LogP contribution in [-0.4, -0.2) is 51.5 Å². The fraction of sp³-hybridized carbons (Fsp3) is 0.308. The van der Waals surface area contributed by atoms with Crippen LogP contribution in [0.2, 0.25) is 0 Å². The van der Waals surface area contributed by atoms with Gasteiger partial charge in [-0.2, -0.15) is 0 Å². The molecule has 9 nitrogen and oxygen atoms in total. The predicted octanol–water partition coefficient (Wildman–Crippen LogP) is 1.28. The lowest BCUT2D eigenvalue weighted by molar-refractivity contribution is -0.123. The van der Waals surface area contributed by atoms with E-state index in [0.29, 0.717) is 32.5 Å². The average Bonchev–Trinajstić information content (AvgIpc) is 2.86. The first-order valence-electron chi connectivity index (χ1n) is 11.7. The summed E-state index contributed by atoms with van der Waals surface area (Å²) in [5, 5.41) is 5.81. The van der Waals surface area contributed by atoms with E-state index in [9.17, 15) is 19.2 Å². The van der Waals surface area contributed by atoms with Crippen LogP contribution < -0.4 is 21.9 Å². The van der Waals surface area contributed by atoms with Crippen molar-refractivity contribution in [2.45, 2.75) is 32.0 Å². The molecule has 2 heterocycles. The van der Waals surface area contributed by atoms with Gasteiger partial charge in [0.15, 0.2) is 0 Å². The van der Waals surface area contributed by atoms with Crippen LogP contribution in [0.15, 0.2) is 82.5 Å². The number of nitrogens with one attached hydrogen (secondary N) is 2. The molecule has 0 radical (unpaired) electrons.